The highest BCUT2D eigenvalue weighted by Crippen LogP contribution is 2.42. The largest absolute Gasteiger partial charge is 0.393 e. The maximum absolute atomic E-state index is 10.8. The highest BCUT2D eigenvalue weighted by molar-refractivity contribution is 5.42. The molecule has 2 atom stereocenters. The second-order valence-electron chi connectivity index (χ2n) is 5.82. The van der Waals surface area contributed by atoms with Crippen molar-refractivity contribution < 1.29 is 10.2 Å². The summed E-state index contributed by atoms with van der Waals surface area (Å²) in [5.41, 5.74) is 3.76. The van der Waals surface area contributed by atoms with Crippen LogP contribution < -0.4 is 0 Å². The predicted octanol–water partition coefficient (Wildman–Crippen LogP) is 2.60. The van der Waals surface area contributed by atoms with E-state index < -0.39 is 5.60 Å². The van der Waals surface area contributed by atoms with Gasteiger partial charge in [0.05, 0.1) is 12.2 Å². The molecule has 2 aromatic rings. The van der Waals surface area contributed by atoms with Crippen LogP contribution in [0, 0.1) is 6.92 Å². The standard InChI is InChI=1S/C18H20O2/c1-13-6-2-3-7-14(13)10-17-16-9-5-4-8-15(16)11-18(17,20)12-19/h2-9,17,19-20H,10-12H2,1H3/t17-,18+/m0/s1. The molecule has 1 aliphatic rings. The molecule has 0 fully saturated rings. The number of hydrogen-bond acceptors (Lipinski definition) is 2. The van der Waals surface area contributed by atoms with E-state index >= 15 is 0 Å². The summed E-state index contributed by atoms with van der Waals surface area (Å²) in [4.78, 5) is 0. The molecule has 0 aliphatic heterocycles. The highest BCUT2D eigenvalue weighted by Gasteiger charge is 2.44. The first-order valence-electron chi connectivity index (χ1n) is 7.09. The summed E-state index contributed by atoms with van der Waals surface area (Å²) in [6.07, 6.45) is 1.30. The Morgan fingerprint density at radius 2 is 1.80 bits per heavy atom. The molecule has 104 valence electrons. The zero-order chi connectivity index (χ0) is 14.2. The van der Waals surface area contributed by atoms with Crippen molar-refractivity contribution in [1.29, 1.82) is 0 Å². The van der Waals surface area contributed by atoms with Gasteiger partial charge in [0.15, 0.2) is 0 Å². The molecule has 0 bridgehead atoms. The van der Waals surface area contributed by atoms with Gasteiger partial charge in [0.25, 0.3) is 0 Å². The lowest BCUT2D eigenvalue weighted by Crippen LogP contribution is -2.39. The third-order valence-electron chi connectivity index (χ3n) is 4.53. The van der Waals surface area contributed by atoms with Gasteiger partial charge >= 0.3 is 0 Å². The first kappa shape index (κ1) is 13.3. The topological polar surface area (TPSA) is 40.5 Å². The van der Waals surface area contributed by atoms with Crippen LogP contribution in [0.3, 0.4) is 0 Å². The van der Waals surface area contributed by atoms with Crippen LogP contribution in [0.1, 0.15) is 28.2 Å². The third-order valence-corrected chi connectivity index (χ3v) is 4.53. The number of aryl methyl sites for hydroxylation is 1. The molecule has 3 rings (SSSR count). The number of aliphatic hydroxyl groups is 2. The zero-order valence-electron chi connectivity index (χ0n) is 11.7. The molecule has 0 spiro atoms. The van der Waals surface area contributed by atoms with Crippen molar-refractivity contribution in [2.75, 3.05) is 6.61 Å². The van der Waals surface area contributed by atoms with Gasteiger partial charge in [-0.15, -0.1) is 0 Å². The van der Waals surface area contributed by atoms with Crippen molar-refractivity contribution in [1.82, 2.24) is 0 Å². The molecule has 0 amide bonds. The van der Waals surface area contributed by atoms with Crippen LogP contribution in [0.4, 0.5) is 0 Å². The zero-order valence-corrected chi connectivity index (χ0v) is 11.7. The van der Waals surface area contributed by atoms with E-state index in [2.05, 4.69) is 25.1 Å². The average Bonchev–Trinajstić information content (AvgIpc) is 2.75. The first-order chi connectivity index (χ1) is 9.64. The molecule has 0 radical (unpaired) electrons. The lowest BCUT2D eigenvalue weighted by Gasteiger charge is -2.29. The van der Waals surface area contributed by atoms with Gasteiger partial charge in [-0.2, -0.15) is 0 Å². The van der Waals surface area contributed by atoms with E-state index in [0.29, 0.717) is 6.42 Å². The van der Waals surface area contributed by atoms with Crippen LogP contribution in [0.2, 0.25) is 0 Å². The molecule has 0 unspecified atom stereocenters. The van der Waals surface area contributed by atoms with Crippen molar-refractivity contribution in [2.45, 2.75) is 31.3 Å². The SMILES string of the molecule is Cc1ccccc1C[C@H]1c2ccccc2C[C@@]1(O)CO. The molecule has 0 saturated heterocycles. The number of hydrogen-bond donors (Lipinski definition) is 2. The van der Waals surface area contributed by atoms with Crippen LogP contribution in [0.15, 0.2) is 48.5 Å². The number of aliphatic hydroxyl groups excluding tert-OH is 1. The smallest absolute Gasteiger partial charge is 0.0988 e. The molecule has 2 heteroatoms. The quantitative estimate of drug-likeness (QED) is 0.898. The fraction of sp³-hybridized carbons (Fsp3) is 0.333. The van der Waals surface area contributed by atoms with Gasteiger partial charge < -0.3 is 10.2 Å². The van der Waals surface area contributed by atoms with Gasteiger partial charge in [0.1, 0.15) is 0 Å². The molecule has 2 nitrogen and oxygen atoms in total. The molecule has 0 aromatic heterocycles. The summed E-state index contributed by atoms with van der Waals surface area (Å²) >= 11 is 0. The Kier molecular flexibility index (Phi) is 3.36. The van der Waals surface area contributed by atoms with E-state index in [9.17, 15) is 10.2 Å². The normalized spacial score (nSPS) is 24.6. The summed E-state index contributed by atoms with van der Waals surface area (Å²) in [6, 6.07) is 16.4. The van der Waals surface area contributed by atoms with E-state index in [1.165, 1.54) is 16.7 Å². The van der Waals surface area contributed by atoms with E-state index in [-0.39, 0.29) is 12.5 Å². The third kappa shape index (κ3) is 2.15. The van der Waals surface area contributed by atoms with Gasteiger partial charge in [-0.1, -0.05) is 48.5 Å². The molecule has 0 saturated carbocycles. The Bertz CT molecular complexity index is 620. The van der Waals surface area contributed by atoms with Crippen LogP contribution in [-0.2, 0) is 12.8 Å². The molecule has 20 heavy (non-hydrogen) atoms. The molecular weight excluding hydrogens is 248 g/mol. The van der Waals surface area contributed by atoms with Gasteiger partial charge in [-0.05, 0) is 35.6 Å². The number of benzene rings is 2. The Labute approximate surface area is 119 Å². The van der Waals surface area contributed by atoms with Crippen molar-refractivity contribution >= 4 is 0 Å². The van der Waals surface area contributed by atoms with Gasteiger partial charge in [-0.25, -0.2) is 0 Å². The maximum atomic E-state index is 10.8. The van der Waals surface area contributed by atoms with Crippen LogP contribution in [0.25, 0.3) is 0 Å². The van der Waals surface area contributed by atoms with Crippen molar-refractivity contribution in [3.8, 4) is 0 Å². The van der Waals surface area contributed by atoms with Gasteiger partial charge in [-0.3, -0.25) is 0 Å². The highest BCUT2D eigenvalue weighted by atomic mass is 16.3. The predicted molar refractivity (Wildman–Crippen MR) is 79.8 cm³/mol. The maximum Gasteiger partial charge on any atom is 0.0988 e. The van der Waals surface area contributed by atoms with E-state index in [1.807, 2.05) is 30.3 Å². The fourth-order valence-corrected chi connectivity index (χ4v) is 3.30. The number of fused-ring (bicyclic) bond motifs is 1. The second kappa shape index (κ2) is 5.04. The minimum atomic E-state index is -1.04. The van der Waals surface area contributed by atoms with Crippen LogP contribution >= 0.6 is 0 Å². The average molecular weight is 268 g/mol. The van der Waals surface area contributed by atoms with Crippen LogP contribution in [0.5, 0.6) is 0 Å². The molecule has 0 heterocycles. The monoisotopic (exact) mass is 268 g/mol. The summed E-state index contributed by atoms with van der Waals surface area (Å²) in [5, 5.41) is 20.4. The van der Waals surface area contributed by atoms with Crippen LogP contribution in [-0.4, -0.2) is 22.4 Å². The Balaban J connectivity index is 2.00. The minimum absolute atomic E-state index is 0.0372. The molecule has 2 aromatic carbocycles. The number of rotatable bonds is 3. The fourth-order valence-electron chi connectivity index (χ4n) is 3.30. The van der Waals surface area contributed by atoms with Gasteiger partial charge in [0, 0.05) is 12.3 Å². The van der Waals surface area contributed by atoms with E-state index in [1.54, 1.807) is 0 Å². The van der Waals surface area contributed by atoms with Crippen molar-refractivity contribution in [2.24, 2.45) is 0 Å². The Morgan fingerprint density at radius 3 is 2.55 bits per heavy atom. The van der Waals surface area contributed by atoms with Gasteiger partial charge in [0.2, 0.25) is 0 Å². The molecule has 1 aliphatic carbocycles. The molecule has 2 N–H and O–H groups in total. The van der Waals surface area contributed by atoms with Crippen molar-refractivity contribution in [3.05, 3.63) is 70.8 Å². The summed E-state index contributed by atoms with van der Waals surface area (Å²) < 4.78 is 0. The summed E-state index contributed by atoms with van der Waals surface area (Å²) in [5.74, 6) is -0.0372. The summed E-state index contributed by atoms with van der Waals surface area (Å²) in [7, 11) is 0. The first-order valence-corrected chi connectivity index (χ1v) is 7.09. The van der Waals surface area contributed by atoms with Crippen molar-refractivity contribution in [3.63, 3.8) is 0 Å². The Morgan fingerprint density at radius 1 is 1.10 bits per heavy atom. The lowest BCUT2D eigenvalue weighted by atomic mass is 9.83. The van der Waals surface area contributed by atoms with E-state index in [0.717, 1.165) is 12.0 Å². The summed E-state index contributed by atoms with van der Waals surface area (Å²) in [6.45, 7) is 1.90. The Hall–Kier alpha value is -1.64. The molecular formula is C18H20O2. The second-order valence-corrected chi connectivity index (χ2v) is 5.82. The minimum Gasteiger partial charge on any atom is -0.393 e. The van der Waals surface area contributed by atoms with E-state index in [4.69, 9.17) is 0 Å². The lowest BCUT2D eigenvalue weighted by molar-refractivity contribution is -0.0271.